The van der Waals surface area contributed by atoms with Crippen molar-refractivity contribution in [2.45, 2.75) is 112 Å². The van der Waals surface area contributed by atoms with Crippen LogP contribution in [0.2, 0.25) is 0 Å². The molecule has 5 rings (SSSR count). The average Bonchev–Trinajstić information content (AvgIpc) is 3.34. The lowest BCUT2D eigenvalue weighted by Gasteiger charge is -2.23. The molecule has 2 aliphatic carbocycles. The fraction of sp³-hybridized carbons (Fsp3) is 0.475. The van der Waals surface area contributed by atoms with Crippen molar-refractivity contribution >= 4 is 11.4 Å². The van der Waals surface area contributed by atoms with Crippen LogP contribution in [0, 0.1) is 5.41 Å². The smallest absolute Gasteiger partial charge is 0.209 e. The maximum atomic E-state index is 6.63. The lowest BCUT2D eigenvalue weighted by molar-refractivity contribution is -0.438. The highest BCUT2D eigenvalue weighted by Gasteiger charge is 2.44. The van der Waals surface area contributed by atoms with Gasteiger partial charge in [-0.05, 0) is 101 Å². The van der Waals surface area contributed by atoms with Gasteiger partial charge in [-0.15, -0.1) is 0 Å². The first-order chi connectivity index (χ1) is 21.0. The monoisotopic (exact) mass is 593 g/mol. The van der Waals surface area contributed by atoms with Gasteiger partial charge in [-0.2, -0.15) is 4.58 Å². The van der Waals surface area contributed by atoms with E-state index in [1.807, 2.05) is 18.9 Å². The molecule has 2 heterocycles. The lowest BCUT2D eigenvalue weighted by Crippen LogP contribution is -2.28. The zero-order valence-electron chi connectivity index (χ0n) is 28.6. The molecule has 0 spiro atoms. The Morgan fingerprint density at radius 1 is 0.955 bits per heavy atom. The van der Waals surface area contributed by atoms with Gasteiger partial charge in [-0.25, -0.2) is 5.84 Å². The fourth-order valence-corrected chi connectivity index (χ4v) is 7.33. The second-order valence-electron chi connectivity index (χ2n) is 13.5. The van der Waals surface area contributed by atoms with Crippen LogP contribution in [-0.2, 0) is 5.41 Å². The summed E-state index contributed by atoms with van der Waals surface area (Å²) in [7, 11) is 0. The molecular formula is C40H57N4+. The summed E-state index contributed by atoms with van der Waals surface area (Å²) in [5, 5.41) is 1.92. The SMILES string of the molecule is C=C(N)CCCCC[N+]1=C(/C=C/C2=C(C)C(=C/C=C3/N(N)C4=CCCC=C4C3(C)C)/CCC2)C(C)(C)c2ccccc21.CC. The number of hydrogen-bond acceptors (Lipinski definition) is 3. The Morgan fingerprint density at radius 3 is 2.41 bits per heavy atom. The van der Waals surface area contributed by atoms with Crippen molar-refractivity contribution in [3.63, 3.8) is 0 Å². The summed E-state index contributed by atoms with van der Waals surface area (Å²) in [6.45, 7) is 20.5. The largest absolute Gasteiger partial charge is 0.403 e. The van der Waals surface area contributed by atoms with Crippen molar-refractivity contribution in [2.75, 3.05) is 6.54 Å². The first kappa shape index (κ1) is 33.5. The molecule has 236 valence electrons. The minimum atomic E-state index is -0.0749. The second-order valence-corrected chi connectivity index (χ2v) is 13.5. The summed E-state index contributed by atoms with van der Waals surface area (Å²) in [6, 6.07) is 8.93. The topological polar surface area (TPSA) is 58.3 Å². The van der Waals surface area contributed by atoms with Crippen molar-refractivity contribution < 1.29 is 4.58 Å². The third-order valence-electron chi connectivity index (χ3n) is 9.88. The summed E-state index contributed by atoms with van der Waals surface area (Å²) in [6.07, 6.45) is 24.0. The van der Waals surface area contributed by atoms with Gasteiger partial charge in [-0.3, -0.25) is 5.01 Å². The molecule has 4 nitrogen and oxygen atoms in total. The molecule has 0 saturated carbocycles. The van der Waals surface area contributed by atoms with E-state index in [0.29, 0.717) is 0 Å². The molecule has 0 aromatic heterocycles. The van der Waals surface area contributed by atoms with Crippen LogP contribution in [0.1, 0.15) is 112 Å². The van der Waals surface area contributed by atoms with Crippen molar-refractivity contribution in [1.82, 2.24) is 5.01 Å². The molecule has 4 aliphatic rings. The van der Waals surface area contributed by atoms with E-state index in [4.69, 9.17) is 11.6 Å². The minimum absolute atomic E-state index is 0.0381. The van der Waals surface area contributed by atoms with Crippen molar-refractivity contribution in [1.29, 1.82) is 0 Å². The Hall–Kier alpha value is -3.37. The molecule has 1 aromatic rings. The Labute approximate surface area is 268 Å². The van der Waals surface area contributed by atoms with Crippen LogP contribution in [-0.4, -0.2) is 21.8 Å². The number of allylic oxidation sites excluding steroid dienone is 12. The molecule has 0 bridgehead atoms. The van der Waals surface area contributed by atoms with Crippen LogP contribution < -0.4 is 11.6 Å². The molecular weight excluding hydrogens is 536 g/mol. The number of unbranched alkanes of at least 4 members (excludes halogenated alkanes) is 2. The predicted octanol–water partition coefficient (Wildman–Crippen LogP) is 9.81. The number of hydrazine groups is 1. The maximum Gasteiger partial charge on any atom is 0.209 e. The van der Waals surface area contributed by atoms with E-state index in [1.54, 1.807) is 0 Å². The summed E-state index contributed by atoms with van der Waals surface area (Å²) in [5.41, 5.74) is 18.6. The maximum absolute atomic E-state index is 6.63. The van der Waals surface area contributed by atoms with Gasteiger partial charge in [0.15, 0.2) is 5.71 Å². The number of para-hydroxylation sites is 1. The van der Waals surface area contributed by atoms with E-state index >= 15 is 0 Å². The molecule has 0 amide bonds. The van der Waals surface area contributed by atoms with E-state index in [0.717, 1.165) is 63.6 Å². The van der Waals surface area contributed by atoms with Crippen LogP contribution in [0.25, 0.3) is 0 Å². The fourth-order valence-electron chi connectivity index (χ4n) is 7.33. The standard InChI is InChI=1S/C38H51N4.C2H6/c1-27(39)15-8-7-13-26-41-33-20-11-9-18-31(33)37(3,4)35(41)24-22-29-16-14-17-30(28(29)2)23-25-36-38(5,6)32-19-10-12-21-34(32)42(36)40;1-2/h9,11,18-25H,1,7-8,10,12-17,26,39-40H2,2-6H3;1-2H3/q+1;. The number of rotatable bonds is 9. The Balaban J connectivity index is 0.00000216. The van der Waals surface area contributed by atoms with Crippen LogP contribution in [0.3, 0.4) is 0 Å². The summed E-state index contributed by atoms with van der Waals surface area (Å²) >= 11 is 0. The van der Waals surface area contributed by atoms with Crippen LogP contribution in [0.15, 0.2) is 107 Å². The molecule has 0 atom stereocenters. The van der Waals surface area contributed by atoms with Crippen molar-refractivity contribution in [3.8, 4) is 0 Å². The molecule has 1 saturated heterocycles. The van der Waals surface area contributed by atoms with Gasteiger partial charge in [0.1, 0.15) is 6.54 Å². The van der Waals surface area contributed by atoms with Gasteiger partial charge < -0.3 is 5.73 Å². The normalized spacial score (nSPS) is 22.2. The summed E-state index contributed by atoms with van der Waals surface area (Å²) < 4.78 is 2.56. The van der Waals surface area contributed by atoms with E-state index in [2.05, 4.69) is 106 Å². The molecule has 44 heavy (non-hydrogen) atoms. The van der Waals surface area contributed by atoms with E-state index < -0.39 is 0 Å². The highest BCUT2D eigenvalue weighted by molar-refractivity contribution is 6.03. The summed E-state index contributed by atoms with van der Waals surface area (Å²) in [4.78, 5) is 0. The predicted molar refractivity (Wildman–Crippen MR) is 189 cm³/mol. The quantitative estimate of drug-likeness (QED) is 0.170. The number of nitrogens with zero attached hydrogens (tertiary/aromatic N) is 2. The third-order valence-corrected chi connectivity index (χ3v) is 9.88. The number of nitrogens with two attached hydrogens (primary N) is 2. The van der Waals surface area contributed by atoms with Gasteiger partial charge in [0.2, 0.25) is 5.69 Å². The lowest BCUT2D eigenvalue weighted by atomic mass is 9.80. The molecule has 1 aromatic carbocycles. The highest BCUT2D eigenvalue weighted by atomic mass is 15.4. The first-order valence-electron chi connectivity index (χ1n) is 17.0. The molecule has 1 fully saturated rings. The van der Waals surface area contributed by atoms with Gasteiger partial charge in [-0.1, -0.05) is 76.8 Å². The van der Waals surface area contributed by atoms with Crippen LogP contribution >= 0.6 is 0 Å². The Morgan fingerprint density at radius 2 is 1.68 bits per heavy atom. The number of hydrogen-bond donors (Lipinski definition) is 2. The molecule has 4 heteroatoms. The second kappa shape index (κ2) is 14.2. The Bertz CT molecular complexity index is 1470. The third kappa shape index (κ3) is 6.66. The highest BCUT2D eigenvalue weighted by Crippen LogP contribution is 2.50. The zero-order chi connectivity index (χ0) is 32.1. The number of benzene rings is 1. The van der Waals surface area contributed by atoms with Gasteiger partial charge in [0.05, 0.1) is 11.1 Å². The summed E-state index contributed by atoms with van der Waals surface area (Å²) in [5.74, 6) is 6.63. The van der Waals surface area contributed by atoms with Gasteiger partial charge in [0, 0.05) is 40.9 Å². The van der Waals surface area contributed by atoms with Crippen LogP contribution in [0.4, 0.5) is 5.69 Å². The minimum Gasteiger partial charge on any atom is -0.403 e. The molecule has 2 aliphatic heterocycles. The number of fused-ring (bicyclic) bond motifs is 2. The van der Waals surface area contributed by atoms with E-state index in [1.165, 1.54) is 57.1 Å². The average molecular weight is 594 g/mol. The molecule has 0 radical (unpaired) electrons. The Kier molecular flexibility index (Phi) is 10.8. The van der Waals surface area contributed by atoms with Gasteiger partial charge >= 0.3 is 0 Å². The molecule has 4 N–H and O–H groups in total. The van der Waals surface area contributed by atoms with E-state index in [9.17, 15) is 0 Å². The van der Waals surface area contributed by atoms with Crippen LogP contribution in [0.5, 0.6) is 0 Å². The van der Waals surface area contributed by atoms with Gasteiger partial charge in [0.25, 0.3) is 0 Å². The van der Waals surface area contributed by atoms with Crippen molar-refractivity contribution in [2.24, 2.45) is 17.0 Å². The van der Waals surface area contributed by atoms with Crippen molar-refractivity contribution in [3.05, 3.63) is 112 Å². The first-order valence-corrected chi connectivity index (χ1v) is 17.0. The van der Waals surface area contributed by atoms with E-state index in [-0.39, 0.29) is 10.8 Å². The molecule has 0 unspecified atom stereocenters. The zero-order valence-corrected chi connectivity index (χ0v) is 28.6.